The quantitative estimate of drug-likeness (QED) is 0.0756. The largest absolute Gasteiger partial charge is 0.481 e. The summed E-state index contributed by atoms with van der Waals surface area (Å²) < 4.78 is 18.3. The Balaban J connectivity index is 0.816. The highest BCUT2D eigenvalue weighted by Crippen LogP contribution is 2.60. The van der Waals surface area contributed by atoms with E-state index in [4.69, 9.17) is 14.2 Å². The van der Waals surface area contributed by atoms with Gasteiger partial charge in [0.15, 0.2) is 0 Å². The highest BCUT2D eigenvalue weighted by atomic mass is 16.5. The maximum absolute atomic E-state index is 6.08. The molecule has 15 aromatic carbocycles. The maximum Gasteiger partial charge on any atom is 0.149 e. The molecule has 15 aromatic rings. The van der Waals surface area contributed by atoms with Gasteiger partial charge in [0.05, 0.1) is 16.2 Å². The average molecular weight is 1320 g/mol. The first-order valence-electron chi connectivity index (χ1n) is 35.5. The molecule has 0 fully saturated rings. The molecule has 488 valence electrons. The fourth-order valence-corrected chi connectivity index (χ4v) is 17.6. The molecule has 0 radical (unpaired) electrons. The van der Waals surface area contributed by atoms with Crippen LogP contribution in [-0.4, -0.2) is 19.8 Å². The molecule has 0 atom stereocenters. The van der Waals surface area contributed by atoms with Gasteiger partial charge in [-0.25, -0.2) is 0 Å². The lowest BCUT2D eigenvalue weighted by atomic mass is 9.66. The van der Waals surface area contributed by atoms with E-state index >= 15 is 0 Å². The Bertz CT molecular complexity index is 5350. The lowest BCUT2D eigenvalue weighted by Gasteiger charge is -2.35. The number of ether oxygens (including phenoxy) is 3. The molecular formula is C100H70O3. The fourth-order valence-electron chi connectivity index (χ4n) is 17.6. The molecule has 0 heterocycles. The predicted molar refractivity (Wildman–Crippen MR) is 422 cm³/mol. The van der Waals surface area contributed by atoms with Gasteiger partial charge < -0.3 is 14.2 Å². The summed E-state index contributed by atoms with van der Waals surface area (Å²) in [6, 6.07) is 123. The van der Waals surface area contributed by atoms with Crippen molar-refractivity contribution in [2.45, 2.75) is 42.9 Å². The molecule has 0 amide bonds. The van der Waals surface area contributed by atoms with E-state index in [1.165, 1.54) is 117 Å². The second-order valence-corrected chi connectivity index (χ2v) is 27.1. The van der Waals surface area contributed by atoms with Gasteiger partial charge in [-0.15, -0.1) is 17.8 Å². The van der Waals surface area contributed by atoms with Gasteiger partial charge in [-0.1, -0.05) is 291 Å². The molecule has 18 rings (SSSR count). The molecule has 0 aromatic heterocycles. The standard InChI is InChI=1S/C100H70O3/c1-4-7-58-101-82-55-43-70-61-79(52-40-73(70)64-82)98(91-28-16-10-22-85(91)86-23-11-17-29-92(86)98)76-46-34-67(35-47-76)97(68-36-48-77(49-37-68)99(93-30-18-12-24-87(93)88-25-13-19-31-94(88)99)80-53-41-74-65-83(102-59-8-5-2)56-44-71(74)62-80)69-38-50-78(51-39-69)100(95-32-20-14-26-89(95)90-27-15-21-33-96(90)100)81-54-42-75-66-84(103-60-9-6-3)57-45-72(75)63-81/h10-57,61-66,97H,58-60H2,1-3H3. The van der Waals surface area contributed by atoms with Gasteiger partial charge >= 0.3 is 0 Å². The van der Waals surface area contributed by atoms with Gasteiger partial charge in [0.25, 0.3) is 0 Å². The molecule has 3 aliphatic carbocycles. The van der Waals surface area contributed by atoms with E-state index in [-0.39, 0.29) is 5.92 Å². The lowest BCUT2D eigenvalue weighted by Crippen LogP contribution is -2.29. The van der Waals surface area contributed by atoms with Crippen molar-refractivity contribution in [3.63, 3.8) is 0 Å². The van der Waals surface area contributed by atoms with Crippen LogP contribution in [0.15, 0.2) is 328 Å². The van der Waals surface area contributed by atoms with Crippen LogP contribution in [0.2, 0.25) is 0 Å². The third-order valence-corrected chi connectivity index (χ3v) is 22.1. The maximum atomic E-state index is 6.08. The summed E-state index contributed by atoms with van der Waals surface area (Å²) in [4.78, 5) is 0. The van der Waals surface area contributed by atoms with Crippen LogP contribution < -0.4 is 14.2 Å². The smallest absolute Gasteiger partial charge is 0.149 e. The van der Waals surface area contributed by atoms with Crippen LogP contribution in [0.25, 0.3) is 65.7 Å². The molecule has 3 aliphatic rings. The van der Waals surface area contributed by atoms with Crippen LogP contribution in [-0.2, 0) is 16.2 Å². The summed E-state index contributed by atoms with van der Waals surface area (Å²) in [5, 5.41) is 6.77. The van der Waals surface area contributed by atoms with Crippen LogP contribution in [0, 0.1) is 35.5 Å². The first kappa shape index (κ1) is 62.4. The van der Waals surface area contributed by atoms with E-state index in [9.17, 15) is 0 Å². The van der Waals surface area contributed by atoms with E-state index in [2.05, 4.69) is 363 Å². The van der Waals surface area contributed by atoms with Crippen LogP contribution in [0.1, 0.15) is 110 Å². The molecule has 0 saturated carbocycles. The first-order chi connectivity index (χ1) is 50.9. The first-order valence-corrected chi connectivity index (χ1v) is 35.5. The van der Waals surface area contributed by atoms with Crippen molar-refractivity contribution in [3.05, 3.63) is 411 Å². The molecule has 0 saturated heterocycles. The monoisotopic (exact) mass is 1320 g/mol. The van der Waals surface area contributed by atoms with Crippen molar-refractivity contribution in [2.75, 3.05) is 19.8 Å². The molecule has 103 heavy (non-hydrogen) atoms. The van der Waals surface area contributed by atoms with Crippen molar-refractivity contribution in [1.82, 2.24) is 0 Å². The number of hydrogen-bond acceptors (Lipinski definition) is 3. The van der Waals surface area contributed by atoms with Gasteiger partial charge in [-0.3, -0.25) is 0 Å². The van der Waals surface area contributed by atoms with Crippen LogP contribution in [0.4, 0.5) is 0 Å². The number of fused-ring (bicyclic) bond motifs is 12. The van der Waals surface area contributed by atoms with Crippen molar-refractivity contribution in [2.24, 2.45) is 0 Å². The molecule has 0 bridgehead atoms. The summed E-state index contributed by atoms with van der Waals surface area (Å²) >= 11 is 0. The van der Waals surface area contributed by atoms with Gasteiger partial charge in [0.1, 0.15) is 37.1 Å². The minimum Gasteiger partial charge on any atom is -0.481 e. The second-order valence-electron chi connectivity index (χ2n) is 27.1. The summed E-state index contributed by atoms with van der Waals surface area (Å²) in [7, 11) is 0. The fraction of sp³-hybridized carbons (Fsp3) is 0.100. The summed E-state index contributed by atoms with van der Waals surface area (Å²) in [5.41, 5.74) is 24.0. The predicted octanol–water partition coefficient (Wildman–Crippen LogP) is 22.6. The van der Waals surface area contributed by atoms with E-state index in [0.29, 0.717) is 19.8 Å². The second kappa shape index (κ2) is 25.7. The van der Waals surface area contributed by atoms with Gasteiger partial charge in [-0.05, 0) is 225 Å². The van der Waals surface area contributed by atoms with Crippen molar-refractivity contribution < 1.29 is 14.2 Å². The van der Waals surface area contributed by atoms with Gasteiger partial charge in [-0.2, -0.15) is 0 Å². The summed E-state index contributed by atoms with van der Waals surface area (Å²) in [5.74, 6) is 20.3. The van der Waals surface area contributed by atoms with Gasteiger partial charge in [0.2, 0.25) is 0 Å². The van der Waals surface area contributed by atoms with E-state index in [1.54, 1.807) is 0 Å². The van der Waals surface area contributed by atoms with E-state index in [1.807, 2.05) is 20.8 Å². The lowest BCUT2D eigenvalue weighted by molar-refractivity contribution is 0.370. The zero-order valence-corrected chi connectivity index (χ0v) is 57.6. The van der Waals surface area contributed by atoms with Crippen LogP contribution in [0.3, 0.4) is 0 Å². The Labute approximate surface area is 602 Å². The van der Waals surface area contributed by atoms with Crippen molar-refractivity contribution >= 4 is 32.3 Å². The Morgan fingerprint density at radius 3 is 0.689 bits per heavy atom. The molecule has 3 heteroatoms. The third kappa shape index (κ3) is 10.0. The molecular weight excluding hydrogens is 1250 g/mol. The van der Waals surface area contributed by atoms with E-state index < -0.39 is 16.2 Å². The Hall–Kier alpha value is -12.8. The minimum absolute atomic E-state index is 0.185. The van der Waals surface area contributed by atoms with E-state index in [0.717, 1.165) is 49.6 Å². The highest BCUT2D eigenvalue weighted by molar-refractivity contribution is 5.94. The minimum atomic E-state index is -0.639. The Morgan fingerprint density at radius 1 is 0.233 bits per heavy atom. The van der Waals surface area contributed by atoms with Crippen molar-refractivity contribution in [3.8, 4) is 86.2 Å². The molecule has 0 unspecified atom stereocenters. The van der Waals surface area contributed by atoms with Crippen LogP contribution in [0.5, 0.6) is 17.2 Å². The zero-order valence-electron chi connectivity index (χ0n) is 57.6. The summed E-state index contributed by atoms with van der Waals surface area (Å²) in [6.07, 6.45) is 0. The molecule has 0 spiro atoms. The number of benzene rings is 15. The number of hydrogen-bond donors (Lipinski definition) is 0. The molecule has 0 aliphatic heterocycles. The highest BCUT2D eigenvalue weighted by Gasteiger charge is 2.49. The SMILES string of the molecule is CC#CCOc1ccc2cc(C3(c4ccc(C(c5ccc(C6(c7ccc8cc(OCC#CC)ccc8c7)c7ccccc7-c7ccccc76)cc5)c5ccc(C6(c7ccc8cc(OCC#CC)ccc8c7)c7ccccc7-c7ccccc76)cc5)cc4)c4ccccc4-c4ccccc43)ccc2c1. The Kier molecular flexibility index (Phi) is 15.6. The van der Waals surface area contributed by atoms with Crippen LogP contribution >= 0.6 is 0 Å². The Morgan fingerprint density at radius 2 is 0.447 bits per heavy atom. The topological polar surface area (TPSA) is 27.7 Å². The van der Waals surface area contributed by atoms with Gasteiger partial charge in [0, 0.05) is 5.92 Å². The third-order valence-electron chi connectivity index (χ3n) is 22.1. The molecule has 3 nitrogen and oxygen atoms in total. The normalized spacial score (nSPS) is 13.4. The number of rotatable bonds is 15. The molecule has 0 N–H and O–H groups in total. The summed E-state index contributed by atoms with van der Waals surface area (Å²) in [6.45, 7) is 6.57. The average Bonchev–Trinajstić information content (AvgIpc) is 1.58. The zero-order chi connectivity index (χ0) is 69.1. The van der Waals surface area contributed by atoms with Crippen molar-refractivity contribution in [1.29, 1.82) is 0 Å².